The van der Waals surface area contributed by atoms with Crippen molar-refractivity contribution in [3.8, 4) is 0 Å². The Morgan fingerprint density at radius 2 is 2.05 bits per heavy atom. The Morgan fingerprint density at radius 3 is 2.63 bits per heavy atom. The fourth-order valence-electron chi connectivity index (χ4n) is 1.85. The van der Waals surface area contributed by atoms with Crippen LogP contribution < -0.4 is 5.73 Å². The number of anilines is 1. The van der Waals surface area contributed by atoms with Crippen LogP contribution in [0.2, 0.25) is 0 Å². The summed E-state index contributed by atoms with van der Waals surface area (Å²) in [5.74, 6) is 0.0342. The van der Waals surface area contributed by atoms with Gasteiger partial charge in [0.25, 0.3) is 0 Å². The third kappa shape index (κ3) is 2.81. The standard InChI is InChI=1S/C12H16N4O3/c1-12(2,3)19-11(18)16-4-7-8(5-16)14-10(13)15-9(7)6-17/h6H,4-5H2,1-3H3,(H2,13,14,15). The first-order valence-electron chi connectivity index (χ1n) is 5.88. The van der Waals surface area contributed by atoms with Gasteiger partial charge in [0.2, 0.25) is 5.95 Å². The summed E-state index contributed by atoms with van der Waals surface area (Å²) in [5.41, 5.74) is 6.41. The number of nitrogen functional groups attached to an aromatic ring is 1. The van der Waals surface area contributed by atoms with E-state index in [0.717, 1.165) is 0 Å². The third-order valence-corrected chi connectivity index (χ3v) is 2.59. The minimum atomic E-state index is -0.565. The van der Waals surface area contributed by atoms with E-state index in [1.54, 1.807) is 20.8 Å². The number of fused-ring (bicyclic) bond motifs is 1. The van der Waals surface area contributed by atoms with Gasteiger partial charge in [-0.25, -0.2) is 14.8 Å². The number of aromatic nitrogens is 2. The van der Waals surface area contributed by atoms with Crippen molar-refractivity contribution in [1.29, 1.82) is 0 Å². The second-order valence-electron chi connectivity index (χ2n) is 5.35. The highest BCUT2D eigenvalue weighted by molar-refractivity contribution is 5.77. The molecule has 7 nitrogen and oxygen atoms in total. The number of nitrogens with two attached hydrogens (primary N) is 1. The van der Waals surface area contributed by atoms with Gasteiger partial charge in [0, 0.05) is 5.56 Å². The van der Waals surface area contributed by atoms with Crippen molar-refractivity contribution in [1.82, 2.24) is 14.9 Å². The summed E-state index contributed by atoms with van der Waals surface area (Å²) in [6.45, 7) is 5.92. The zero-order valence-corrected chi connectivity index (χ0v) is 11.1. The average molecular weight is 264 g/mol. The Balaban J connectivity index is 2.21. The number of carbonyl (C=O) groups is 2. The molecule has 1 aliphatic heterocycles. The Morgan fingerprint density at radius 1 is 1.37 bits per heavy atom. The summed E-state index contributed by atoms with van der Waals surface area (Å²) in [5, 5.41) is 0. The molecule has 0 aromatic carbocycles. The maximum atomic E-state index is 11.9. The molecule has 0 bridgehead atoms. The molecule has 102 valence electrons. The molecular weight excluding hydrogens is 248 g/mol. The van der Waals surface area contributed by atoms with Crippen LogP contribution in [-0.2, 0) is 17.8 Å². The lowest BCUT2D eigenvalue weighted by Crippen LogP contribution is -2.33. The third-order valence-electron chi connectivity index (χ3n) is 2.59. The second kappa shape index (κ2) is 4.49. The topological polar surface area (TPSA) is 98.4 Å². The van der Waals surface area contributed by atoms with Gasteiger partial charge in [0.05, 0.1) is 18.8 Å². The van der Waals surface area contributed by atoms with Crippen LogP contribution in [0.25, 0.3) is 0 Å². The van der Waals surface area contributed by atoms with Gasteiger partial charge in [-0.3, -0.25) is 9.69 Å². The second-order valence-corrected chi connectivity index (χ2v) is 5.35. The molecular formula is C12H16N4O3. The Hall–Kier alpha value is -2.18. The van der Waals surface area contributed by atoms with Crippen LogP contribution in [0.1, 0.15) is 42.5 Å². The average Bonchev–Trinajstić information content (AvgIpc) is 2.69. The van der Waals surface area contributed by atoms with Gasteiger partial charge < -0.3 is 10.5 Å². The molecule has 1 amide bonds. The fourth-order valence-corrected chi connectivity index (χ4v) is 1.85. The number of rotatable bonds is 1. The van der Waals surface area contributed by atoms with E-state index in [2.05, 4.69) is 9.97 Å². The Bertz CT molecular complexity index is 537. The van der Waals surface area contributed by atoms with Gasteiger partial charge in [-0.2, -0.15) is 0 Å². The maximum absolute atomic E-state index is 11.9. The van der Waals surface area contributed by atoms with E-state index in [4.69, 9.17) is 10.5 Å². The van der Waals surface area contributed by atoms with E-state index in [-0.39, 0.29) is 24.7 Å². The molecule has 0 saturated carbocycles. The molecule has 1 aromatic rings. The van der Waals surface area contributed by atoms with Crippen LogP contribution in [0.3, 0.4) is 0 Å². The van der Waals surface area contributed by atoms with Crippen molar-refractivity contribution >= 4 is 18.3 Å². The Labute approximate surface area is 110 Å². The number of aldehydes is 1. The predicted octanol–water partition coefficient (Wildman–Crippen LogP) is 1.12. The van der Waals surface area contributed by atoms with Crippen LogP contribution in [0.5, 0.6) is 0 Å². The van der Waals surface area contributed by atoms with Crippen LogP contribution in [0.15, 0.2) is 0 Å². The Kier molecular flexibility index (Phi) is 3.13. The molecule has 1 aromatic heterocycles. The molecule has 0 fully saturated rings. The summed E-state index contributed by atoms with van der Waals surface area (Å²) < 4.78 is 5.28. The van der Waals surface area contributed by atoms with Crippen molar-refractivity contribution in [2.24, 2.45) is 0 Å². The zero-order valence-electron chi connectivity index (χ0n) is 11.1. The van der Waals surface area contributed by atoms with Crippen molar-refractivity contribution in [3.05, 3.63) is 17.0 Å². The van der Waals surface area contributed by atoms with Crippen LogP contribution >= 0.6 is 0 Å². The van der Waals surface area contributed by atoms with Gasteiger partial charge in [0.15, 0.2) is 6.29 Å². The molecule has 0 spiro atoms. The highest BCUT2D eigenvalue weighted by atomic mass is 16.6. The lowest BCUT2D eigenvalue weighted by Gasteiger charge is -2.23. The fraction of sp³-hybridized carbons (Fsp3) is 0.500. The largest absolute Gasteiger partial charge is 0.444 e. The summed E-state index contributed by atoms with van der Waals surface area (Å²) >= 11 is 0. The normalized spacial score (nSPS) is 14.2. The van der Waals surface area contributed by atoms with Crippen molar-refractivity contribution in [3.63, 3.8) is 0 Å². The summed E-state index contributed by atoms with van der Waals surface area (Å²) in [6.07, 6.45) is 0.177. The number of hydrogen-bond acceptors (Lipinski definition) is 6. The van der Waals surface area contributed by atoms with Crippen molar-refractivity contribution in [2.45, 2.75) is 39.5 Å². The SMILES string of the molecule is CC(C)(C)OC(=O)N1Cc2nc(N)nc(C=O)c2C1. The molecule has 0 unspecified atom stereocenters. The molecule has 2 heterocycles. The van der Waals surface area contributed by atoms with Gasteiger partial charge in [0.1, 0.15) is 11.3 Å². The van der Waals surface area contributed by atoms with E-state index in [0.29, 0.717) is 17.5 Å². The quantitative estimate of drug-likeness (QED) is 0.763. The molecule has 0 aliphatic carbocycles. The smallest absolute Gasteiger partial charge is 0.410 e. The van der Waals surface area contributed by atoms with Crippen molar-refractivity contribution < 1.29 is 14.3 Å². The first-order chi connectivity index (χ1) is 8.80. The first-order valence-corrected chi connectivity index (χ1v) is 5.88. The van der Waals surface area contributed by atoms with Crippen LogP contribution in [0.4, 0.5) is 10.7 Å². The molecule has 0 radical (unpaired) electrons. The lowest BCUT2D eigenvalue weighted by molar-refractivity contribution is 0.0240. The molecule has 2 N–H and O–H groups in total. The van der Waals surface area contributed by atoms with E-state index in [1.807, 2.05) is 0 Å². The summed E-state index contributed by atoms with van der Waals surface area (Å²) in [6, 6.07) is 0. The highest BCUT2D eigenvalue weighted by Gasteiger charge is 2.30. The summed E-state index contributed by atoms with van der Waals surface area (Å²) in [7, 11) is 0. The number of hydrogen-bond donors (Lipinski definition) is 1. The molecule has 19 heavy (non-hydrogen) atoms. The minimum absolute atomic E-state index is 0.0342. The molecule has 0 saturated heterocycles. The van der Waals surface area contributed by atoms with E-state index < -0.39 is 11.7 Å². The molecule has 7 heteroatoms. The summed E-state index contributed by atoms with van der Waals surface area (Å²) in [4.78, 5) is 32.3. The van der Waals surface area contributed by atoms with E-state index >= 15 is 0 Å². The van der Waals surface area contributed by atoms with Crippen LogP contribution in [-0.4, -0.2) is 32.8 Å². The predicted molar refractivity (Wildman–Crippen MR) is 67.3 cm³/mol. The van der Waals surface area contributed by atoms with Crippen molar-refractivity contribution in [2.75, 3.05) is 5.73 Å². The molecule has 1 aliphatic rings. The molecule has 2 rings (SSSR count). The minimum Gasteiger partial charge on any atom is -0.444 e. The zero-order chi connectivity index (χ0) is 14.2. The van der Waals surface area contributed by atoms with Gasteiger partial charge in [-0.1, -0.05) is 0 Å². The van der Waals surface area contributed by atoms with E-state index in [9.17, 15) is 9.59 Å². The number of ether oxygens (including phenoxy) is 1. The monoisotopic (exact) mass is 264 g/mol. The number of carbonyl (C=O) groups excluding carboxylic acids is 2. The molecule has 0 atom stereocenters. The number of amides is 1. The van der Waals surface area contributed by atoms with E-state index in [1.165, 1.54) is 4.90 Å². The van der Waals surface area contributed by atoms with Gasteiger partial charge in [-0.05, 0) is 20.8 Å². The first kappa shape index (κ1) is 13.3. The van der Waals surface area contributed by atoms with Crippen LogP contribution in [0, 0.1) is 0 Å². The number of nitrogens with zero attached hydrogens (tertiary/aromatic N) is 3. The maximum Gasteiger partial charge on any atom is 0.410 e. The lowest BCUT2D eigenvalue weighted by atomic mass is 10.2. The highest BCUT2D eigenvalue weighted by Crippen LogP contribution is 2.25. The van der Waals surface area contributed by atoms with Gasteiger partial charge >= 0.3 is 6.09 Å². The van der Waals surface area contributed by atoms with Gasteiger partial charge in [-0.15, -0.1) is 0 Å².